The first-order valence-electron chi connectivity index (χ1n) is 9.94. The van der Waals surface area contributed by atoms with Crippen LogP contribution in [0.25, 0.3) is 16.8 Å². The summed E-state index contributed by atoms with van der Waals surface area (Å²) in [4.78, 5) is 19.5. The maximum Gasteiger partial charge on any atom is 0.259 e. The number of aromatic nitrogens is 2. The van der Waals surface area contributed by atoms with Crippen molar-refractivity contribution in [1.29, 1.82) is 0 Å². The van der Waals surface area contributed by atoms with E-state index in [-0.39, 0.29) is 5.91 Å². The highest BCUT2D eigenvalue weighted by molar-refractivity contribution is 6.30. The van der Waals surface area contributed by atoms with Crippen LogP contribution in [0.1, 0.15) is 21.6 Å². The minimum atomic E-state index is -0.0196. The van der Waals surface area contributed by atoms with Crippen LogP contribution in [0.3, 0.4) is 0 Å². The van der Waals surface area contributed by atoms with Crippen molar-refractivity contribution in [2.45, 2.75) is 13.5 Å². The van der Waals surface area contributed by atoms with E-state index in [0.29, 0.717) is 17.3 Å². The lowest BCUT2D eigenvalue weighted by atomic mass is 9.97. The fourth-order valence-corrected chi connectivity index (χ4v) is 4.17. The zero-order valence-electron chi connectivity index (χ0n) is 17.2. The van der Waals surface area contributed by atoms with Crippen LogP contribution in [-0.4, -0.2) is 22.6 Å². The molecule has 2 heterocycles. The molecule has 1 amide bonds. The molecule has 31 heavy (non-hydrogen) atoms. The molecule has 4 aromatic rings. The second-order valence-corrected chi connectivity index (χ2v) is 7.95. The molecule has 0 aliphatic carbocycles. The largest absolute Gasteiger partial charge is 0.494 e. The molecule has 3 aromatic carbocycles. The summed E-state index contributed by atoms with van der Waals surface area (Å²) in [6.07, 6.45) is 3.69. The molecule has 5 nitrogen and oxygen atoms in total. The van der Waals surface area contributed by atoms with Crippen molar-refractivity contribution in [2.75, 3.05) is 12.0 Å². The van der Waals surface area contributed by atoms with Gasteiger partial charge in [-0.1, -0.05) is 41.9 Å². The summed E-state index contributed by atoms with van der Waals surface area (Å²) < 4.78 is 7.54. The molecule has 0 radical (unpaired) electrons. The number of anilines is 1. The van der Waals surface area contributed by atoms with E-state index in [1.807, 2.05) is 78.4 Å². The Morgan fingerprint density at radius 1 is 1.06 bits per heavy atom. The number of nitrogens with zero attached hydrogens (tertiary/aromatic N) is 3. The third-order valence-electron chi connectivity index (χ3n) is 5.56. The van der Waals surface area contributed by atoms with Crippen molar-refractivity contribution >= 4 is 23.2 Å². The van der Waals surface area contributed by atoms with E-state index in [1.54, 1.807) is 18.3 Å². The number of methoxy groups -OCH3 is 1. The van der Waals surface area contributed by atoms with Gasteiger partial charge < -0.3 is 14.2 Å². The van der Waals surface area contributed by atoms with Gasteiger partial charge in [0.15, 0.2) is 0 Å². The van der Waals surface area contributed by atoms with Gasteiger partial charge in [0.05, 0.1) is 36.9 Å². The van der Waals surface area contributed by atoms with Crippen LogP contribution in [0, 0.1) is 6.92 Å². The lowest BCUT2D eigenvalue weighted by Crippen LogP contribution is -2.23. The molecule has 5 rings (SSSR count). The van der Waals surface area contributed by atoms with Crippen LogP contribution in [0.15, 0.2) is 73.2 Å². The summed E-state index contributed by atoms with van der Waals surface area (Å²) in [6.45, 7) is 2.46. The van der Waals surface area contributed by atoms with Gasteiger partial charge in [-0.3, -0.25) is 4.79 Å². The average molecular weight is 430 g/mol. The first-order chi connectivity index (χ1) is 15.0. The van der Waals surface area contributed by atoms with Crippen LogP contribution in [0.4, 0.5) is 5.69 Å². The Morgan fingerprint density at radius 2 is 1.87 bits per heavy atom. The second kappa shape index (κ2) is 7.60. The molecule has 0 spiro atoms. The number of ether oxygens (including phenoxy) is 1. The smallest absolute Gasteiger partial charge is 0.259 e. The number of imidazole rings is 1. The number of fused-ring (bicyclic) bond motifs is 1. The quantitative estimate of drug-likeness (QED) is 0.420. The number of rotatable bonds is 4. The van der Waals surface area contributed by atoms with Gasteiger partial charge in [-0.25, -0.2) is 4.98 Å². The zero-order chi connectivity index (χ0) is 21.5. The molecule has 6 heteroatoms. The Balaban J connectivity index is 1.53. The normalized spacial score (nSPS) is 12.9. The number of carbonyl (C=O) groups excluding carboxylic acids is 1. The predicted molar refractivity (Wildman–Crippen MR) is 122 cm³/mol. The number of amides is 1. The molecule has 154 valence electrons. The maximum absolute atomic E-state index is 13.5. The average Bonchev–Trinajstić information content (AvgIpc) is 3.37. The summed E-state index contributed by atoms with van der Waals surface area (Å²) >= 11 is 6.04. The van der Waals surface area contributed by atoms with Crippen LogP contribution in [0.5, 0.6) is 5.75 Å². The third-order valence-corrected chi connectivity index (χ3v) is 5.81. The van der Waals surface area contributed by atoms with Gasteiger partial charge in [-0.2, -0.15) is 0 Å². The standard InChI is InChI=1S/C25H20ClN3O2/c1-16-13-28(15-27-16)22-11-10-20(12-23(22)31-2)29-14-18-4-3-5-21(24(18)25(29)30)17-6-8-19(26)9-7-17/h3-13,15H,14H2,1-2H3. The van der Waals surface area contributed by atoms with Gasteiger partial charge in [0.25, 0.3) is 5.91 Å². The van der Waals surface area contributed by atoms with Gasteiger partial charge in [0, 0.05) is 23.0 Å². The Morgan fingerprint density at radius 3 is 2.58 bits per heavy atom. The zero-order valence-corrected chi connectivity index (χ0v) is 17.9. The minimum Gasteiger partial charge on any atom is -0.494 e. The SMILES string of the molecule is COc1cc(N2Cc3cccc(-c4ccc(Cl)cc4)c3C2=O)ccc1-n1cnc(C)c1. The highest BCUT2D eigenvalue weighted by atomic mass is 35.5. The Hall–Kier alpha value is -3.57. The van der Waals surface area contributed by atoms with Gasteiger partial charge >= 0.3 is 0 Å². The van der Waals surface area contributed by atoms with Crippen molar-refractivity contribution in [1.82, 2.24) is 9.55 Å². The summed E-state index contributed by atoms with van der Waals surface area (Å²) in [7, 11) is 1.63. The van der Waals surface area contributed by atoms with Crippen molar-refractivity contribution in [3.63, 3.8) is 0 Å². The van der Waals surface area contributed by atoms with Gasteiger partial charge in [0.1, 0.15) is 5.75 Å². The molecule has 0 saturated carbocycles. The summed E-state index contributed by atoms with van der Waals surface area (Å²) in [5.41, 5.74) is 6.22. The van der Waals surface area contributed by atoms with Crippen LogP contribution in [-0.2, 0) is 6.54 Å². The number of carbonyl (C=O) groups is 1. The van der Waals surface area contributed by atoms with Gasteiger partial charge in [0.2, 0.25) is 0 Å². The van der Waals surface area contributed by atoms with E-state index in [0.717, 1.165) is 39.3 Å². The van der Waals surface area contributed by atoms with Gasteiger partial charge in [-0.15, -0.1) is 0 Å². The van der Waals surface area contributed by atoms with Crippen LogP contribution < -0.4 is 9.64 Å². The van der Waals surface area contributed by atoms with E-state index >= 15 is 0 Å². The first-order valence-corrected chi connectivity index (χ1v) is 10.3. The molecule has 0 saturated heterocycles. The second-order valence-electron chi connectivity index (χ2n) is 7.52. The van der Waals surface area contributed by atoms with E-state index in [2.05, 4.69) is 4.98 Å². The van der Waals surface area contributed by atoms with E-state index in [1.165, 1.54) is 0 Å². The third kappa shape index (κ3) is 3.37. The Labute approximate surface area is 185 Å². The highest BCUT2D eigenvalue weighted by Gasteiger charge is 2.31. The number of hydrogen-bond acceptors (Lipinski definition) is 3. The minimum absolute atomic E-state index is 0.0196. The topological polar surface area (TPSA) is 47.4 Å². The monoisotopic (exact) mass is 429 g/mol. The number of benzene rings is 3. The molecule has 0 bridgehead atoms. The lowest BCUT2D eigenvalue weighted by molar-refractivity contribution is 0.0997. The molecular formula is C25H20ClN3O2. The Kier molecular flexibility index (Phi) is 4.75. The maximum atomic E-state index is 13.5. The number of halogens is 1. The van der Waals surface area contributed by atoms with Crippen LogP contribution >= 0.6 is 11.6 Å². The molecule has 0 atom stereocenters. The molecule has 0 fully saturated rings. The number of aryl methyl sites for hydroxylation is 1. The molecule has 0 unspecified atom stereocenters. The summed E-state index contributed by atoms with van der Waals surface area (Å²) in [6, 6.07) is 19.3. The number of hydrogen-bond donors (Lipinski definition) is 0. The van der Waals surface area contributed by atoms with Crippen molar-refractivity contribution < 1.29 is 9.53 Å². The molecule has 1 aromatic heterocycles. The molecule has 0 N–H and O–H groups in total. The van der Waals surface area contributed by atoms with Crippen molar-refractivity contribution in [3.8, 4) is 22.6 Å². The van der Waals surface area contributed by atoms with E-state index < -0.39 is 0 Å². The fourth-order valence-electron chi connectivity index (χ4n) is 4.04. The fraction of sp³-hybridized carbons (Fsp3) is 0.120. The molecule has 1 aliphatic heterocycles. The summed E-state index contributed by atoms with van der Waals surface area (Å²) in [5.74, 6) is 0.658. The summed E-state index contributed by atoms with van der Waals surface area (Å²) in [5, 5.41) is 0.671. The van der Waals surface area contributed by atoms with Gasteiger partial charge in [-0.05, 0) is 47.9 Å². The molecule has 1 aliphatic rings. The molecular weight excluding hydrogens is 410 g/mol. The van der Waals surface area contributed by atoms with E-state index in [9.17, 15) is 4.79 Å². The highest BCUT2D eigenvalue weighted by Crippen LogP contribution is 2.37. The Bertz CT molecular complexity index is 1290. The van der Waals surface area contributed by atoms with Crippen molar-refractivity contribution in [3.05, 3.63) is 95.0 Å². The van der Waals surface area contributed by atoms with Crippen LogP contribution in [0.2, 0.25) is 5.02 Å². The van der Waals surface area contributed by atoms with Crippen molar-refractivity contribution in [2.24, 2.45) is 0 Å². The first kappa shape index (κ1) is 19.4. The lowest BCUT2D eigenvalue weighted by Gasteiger charge is -2.18. The van der Waals surface area contributed by atoms with E-state index in [4.69, 9.17) is 16.3 Å². The predicted octanol–water partition coefficient (Wildman–Crippen LogP) is 5.67.